The minimum absolute atomic E-state index is 0.149. The fraction of sp³-hybridized carbons (Fsp3) is 0.529. The van der Waals surface area contributed by atoms with Crippen molar-refractivity contribution >= 4 is 12.0 Å². The molecular weight excluding hydrogens is 312 g/mol. The van der Waals surface area contributed by atoms with E-state index in [2.05, 4.69) is 10.6 Å². The first-order chi connectivity index (χ1) is 11.2. The van der Waals surface area contributed by atoms with Gasteiger partial charge in [0.2, 0.25) is 5.91 Å². The van der Waals surface area contributed by atoms with Crippen LogP contribution in [0.3, 0.4) is 0 Å². The first-order valence-corrected chi connectivity index (χ1v) is 7.90. The van der Waals surface area contributed by atoms with Crippen molar-refractivity contribution in [2.24, 2.45) is 0 Å². The lowest BCUT2D eigenvalue weighted by Crippen LogP contribution is -2.40. The minimum atomic E-state index is -0.621. The van der Waals surface area contributed by atoms with Gasteiger partial charge in [0.25, 0.3) is 0 Å². The van der Waals surface area contributed by atoms with Crippen molar-refractivity contribution in [1.29, 1.82) is 0 Å². The van der Waals surface area contributed by atoms with Crippen molar-refractivity contribution in [2.75, 3.05) is 19.8 Å². The minimum Gasteiger partial charge on any atom is -0.486 e. The average Bonchev–Trinajstić information content (AvgIpc) is 2.51. The number of carbonyl (C=O) groups excluding carboxylic acids is 2. The largest absolute Gasteiger partial charge is 0.486 e. The molecule has 0 saturated carbocycles. The molecule has 0 unspecified atom stereocenters. The number of amides is 2. The van der Waals surface area contributed by atoms with Crippen LogP contribution in [0.4, 0.5) is 4.79 Å². The highest BCUT2D eigenvalue weighted by atomic mass is 16.6. The lowest BCUT2D eigenvalue weighted by Gasteiger charge is -2.21. The second-order valence-electron chi connectivity index (χ2n) is 6.55. The van der Waals surface area contributed by atoms with Crippen LogP contribution in [0.5, 0.6) is 11.5 Å². The maximum absolute atomic E-state index is 11.9. The summed E-state index contributed by atoms with van der Waals surface area (Å²) in [5.74, 6) is 1.07. The quantitative estimate of drug-likeness (QED) is 0.880. The molecule has 0 fully saturated rings. The van der Waals surface area contributed by atoms with Gasteiger partial charge in [0.1, 0.15) is 25.4 Å². The van der Waals surface area contributed by atoms with Crippen LogP contribution < -0.4 is 20.1 Å². The maximum atomic E-state index is 11.9. The van der Waals surface area contributed by atoms with Gasteiger partial charge in [-0.25, -0.2) is 4.79 Å². The zero-order valence-electron chi connectivity index (χ0n) is 14.5. The van der Waals surface area contributed by atoms with Crippen molar-refractivity contribution in [1.82, 2.24) is 10.6 Å². The third-order valence-corrected chi connectivity index (χ3v) is 3.24. The summed E-state index contributed by atoms with van der Waals surface area (Å²) in [7, 11) is 0. The van der Waals surface area contributed by atoms with E-state index in [4.69, 9.17) is 14.2 Å². The Bertz CT molecular complexity index is 609. The van der Waals surface area contributed by atoms with E-state index in [1.807, 2.05) is 25.1 Å². The molecule has 0 saturated heterocycles. The summed E-state index contributed by atoms with van der Waals surface area (Å²) in [6, 6.07) is 5.32. The molecule has 132 valence electrons. The molecule has 1 aromatic carbocycles. The van der Waals surface area contributed by atoms with Gasteiger partial charge in [-0.15, -0.1) is 0 Å². The SMILES string of the molecule is C[C@@H](NC(=O)CNC(=O)OC(C)(C)C)c1ccc2c(c1)OCCO2. The molecule has 1 atom stereocenters. The fourth-order valence-corrected chi connectivity index (χ4v) is 2.17. The third-order valence-electron chi connectivity index (χ3n) is 3.24. The summed E-state index contributed by atoms with van der Waals surface area (Å²) in [6.45, 7) is 8.04. The van der Waals surface area contributed by atoms with Gasteiger partial charge in [0.15, 0.2) is 11.5 Å². The molecule has 2 amide bonds. The number of rotatable bonds is 4. The molecule has 2 N–H and O–H groups in total. The summed E-state index contributed by atoms with van der Waals surface area (Å²) < 4.78 is 16.1. The molecule has 2 rings (SSSR count). The molecule has 7 nitrogen and oxygen atoms in total. The highest BCUT2D eigenvalue weighted by Crippen LogP contribution is 2.32. The molecule has 0 spiro atoms. The van der Waals surface area contributed by atoms with E-state index >= 15 is 0 Å². The van der Waals surface area contributed by atoms with Crippen molar-refractivity contribution < 1.29 is 23.8 Å². The lowest BCUT2D eigenvalue weighted by molar-refractivity contribution is -0.120. The molecule has 1 aromatic rings. The van der Waals surface area contributed by atoms with Crippen molar-refractivity contribution in [3.63, 3.8) is 0 Å². The summed E-state index contributed by atoms with van der Waals surface area (Å²) in [5.41, 5.74) is 0.295. The van der Waals surface area contributed by atoms with Crippen LogP contribution in [0.25, 0.3) is 0 Å². The van der Waals surface area contributed by atoms with E-state index in [-0.39, 0.29) is 18.5 Å². The Balaban J connectivity index is 1.84. The maximum Gasteiger partial charge on any atom is 0.408 e. The predicted octanol–water partition coefficient (Wildman–Crippen LogP) is 2.16. The zero-order chi connectivity index (χ0) is 17.7. The first kappa shape index (κ1) is 17.9. The van der Waals surface area contributed by atoms with Gasteiger partial charge in [0.05, 0.1) is 6.04 Å². The number of nitrogens with one attached hydrogen (secondary N) is 2. The number of alkyl carbamates (subject to hydrolysis) is 1. The Kier molecular flexibility index (Phi) is 5.54. The number of hydrogen-bond donors (Lipinski definition) is 2. The van der Waals surface area contributed by atoms with Crippen LogP contribution >= 0.6 is 0 Å². The molecule has 0 aromatic heterocycles. The smallest absolute Gasteiger partial charge is 0.408 e. The second-order valence-corrected chi connectivity index (χ2v) is 6.55. The van der Waals surface area contributed by atoms with Gasteiger partial charge >= 0.3 is 6.09 Å². The molecule has 1 aliphatic heterocycles. The van der Waals surface area contributed by atoms with Crippen LogP contribution in [-0.2, 0) is 9.53 Å². The number of benzene rings is 1. The number of ether oxygens (including phenoxy) is 3. The molecule has 1 aliphatic rings. The normalized spacial score (nSPS) is 14.5. The van der Waals surface area contributed by atoms with Gasteiger partial charge < -0.3 is 24.8 Å². The Hall–Kier alpha value is -2.44. The lowest BCUT2D eigenvalue weighted by atomic mass is 10.1. The van der Waals surface area contributed by atoms with E-state index in [9.17, 15) is 9.59 Å². The van der Waals surface area contributed by atoms with Crippen molar-refractivity contribution in [3.8, 4) is 11.5 Å². The highest BCUT2D eigenvalue weighted by molar-refractivity contribution is 5.82. The average molecular weight is 336 g/mol. The topological polar surface area (TPSA) is 85.9 Å². The second kappa shape index (κ2) is 7.42. The molecule has 0 radical (unpaired) electrons. The molecule has 7 heteroatoms. The van der Waals surface area contributed by atoms with Crippen LogP contribution in [0.15, 0.2) is 18.2 Å². The Labute approximate surface area is 141 Å². The summed E-state index contributed by atoms with van der Waals surface area (Å²) in [4.78, 5) is 23.5. The van der Waals surface area contributed by atoms with E-state index < -0.39 is 11.7 Å². The molecule has 0 aliphatic carbocycles. The predicted molar refractivity (Wildman–Crippen MR) is 88.2 cm³/mol. The van der Waals surface area contributed by atoms with Gasteiger partial charge in [-0.2, -0.15) is 0 Å². The van der Waals surface area contributed by atoms with E-state index in [1.165, 1.54) is 0 Å². The molecule has 1 heterocycles. The van der Waals surface area contributed by atoms with Crippen molar-refractivity contribution in [3.05, 3.63) is 23.8 Å². The van der Waals surface area contributed by atoms with Crippen LogP contribution in [-0.4, -0.2) is 37.4 Å². The molecular formula is C17H24N2O5. The standard InChI is InChI=1S/C17H24N2O5/c1-11(12-5-6-13-14(9-12)23-8-7-22-13)19-15(20)10-18-16(21)24-17(2,3)4/h5-6,9,11H,7-8,10H2,1-4H3,(H,18,21)(H,19,20)/t11-/m1/s1. The first-order valence-electron chi connectivity index (χ1n) is 7.90. The summed E-state index contributed by atoms with van der Waals surface area (Å²) >= 11 is 0. The van der Waals surface area contributed by atoms with Crippen LogP contribution in [0, 0.1) is 0 Å². The molecule has 0 bridgehead atoms. The summed E-state index contributed by atoms with van der Waals surface area (Å²) in [5, 5.41) is 5.24. The number of hydrogen-bond acceptors (Lipinski definition) is 5. The summed E-state index contributed by atoms with van der Waals surface area (Å²) in [6.07, 6.45) is -0.621. The van der Waals surface area contributed by atoms with Gasteiger partial charge in [0, 0.05) is 0 Å². The van der Waals surface area contributed by atoms with Crippen LogP contribution in [0.2, 0.25) is 0 Å². The number of carbonyl (C=O) groups is 2. The van der Waals surface area contributed by atoms with Crippen molar-refractivity contribution in [2.45, 2.75) is 39.3 Å². The Morgan fingerprint density at radius 3 is 2.54 bits per heavy atom. The third kappa shape index (κ3) is 5.33. The van der Waals surface area contributed by atoms with E-state index in [1.54, 1.807) is 20.8 Å². The monoisotopic (exact) mass is 336 g/mol. The molecule has 24 heavy (non-hydrogen) atoms. The zero-order valence-corrected chi connectivity index (χ0v) is 14.5. The van der Waals surface area contributed by atoms with Crippen LogP contribution in [0.1, 0.15) is 39.3 Å². The van der Waals surface area contributed by atoms with Gasteiger partial charge in [-0.05, 0) is 45.4 Å². The number of fused-ring (bicyclic) bond motifs is 1. The Morgan fingerprint density at radius 1 is 1.21 bits per heavy atom. The Morgan fingerprint density at radius 2 is 1.88 bits per heavy atom. The van der Waals surface area contributed by atoms with Gasteiger partial charge in [-0.1, -0.05) is 6.07 Å². The van der Waals surface area contributed by atoms with E-state index in [0.29, 0.717) is 24.7 Å². The fourth-order valence-electron chi connectivity index (χ4n) is 2.17. The van der Waals surface area contributed by atoms with E-state index in [0.717, 1.165) is 5.56 Å². The van der Waals surface area contributed by atoms with Gasteiger partial charge in [-0.3, -0.25) is 4.79 Å². The highest BCUT2D eigenvalue weighted by Gasteiger charge is 2.18.